The lowest BCUT2D eigenvalue weighted by atomic mass is 10.0. The van der Waals surface area contributed by atoms with Gasteiger partial charge in [0.25, 0.3) is 0 Å². The Labute approximate surface area is 152 Å². The molecule has 2 aromatic rings. The van der Waals surface area contributed by atoms with Gasteiger partial charge in [-0.25, -0.2) is 0 Å². The molecular formula is C23H32O2. The molecule has 0 unspecified atom stereocenters. The van der Waals surface area contributed by atoms with Gasteiger partial charge in [-0.15, -0.1) is 0 Å². The molecule has 0 aromatic heterocycles. The Morgan fingerprint density at radius 3 is 1.76 bits per heavy atom. The number of benzene rings is 2. The number of ether oxygens (including phenoxy) is 1. The minimum Gasteiger partial charge on any atom is -0.494 e. The molecule has 2 nitrogen and oxygen atoms in total. The van der Waals surface area contributed by atoms with Crippen molar-refractivity contribution in [3.05, 3.63) is 54.1 Å². The van der Waals surface area contributed by atoms with Crippen LogP contribution in [0.2, 0.25) is 0 Å². The molecule has 2 aromatic carbocycles. The van der Waals surface area contributed by atoms with Crippen LogP contribution in [-0.4, -0.2) is 11.7 Å². The van der Waals surface area contributed by atoms with E-state index in [1.54, 1.807) is 0 Å². The van der Waals surface area contributed by atoms with Gasteiger partial charge in [0.2, 0.25) is 0 Å². The zero-order valence-electron chi connectivity index (χ0n) is 15.5. The van der Waals surface area contributed by atoms with Gasteiger partial charge in [-0.3, -0.25) is 0 Å². The molecule has 25 heavy (non-hydrogen) atoms. The van der Waals surface area contributed by atoms with Crippen molar-refractivity contribution in [1.29, 1.82) is 0 Å². The maximum absolute atomic E-state index is 9.10. The van der Waals surface area contributed by atoms with Crippen molar-refractivity contribution in [3.8, 4) is 16.9 Å². The minimum atomic E-state index is 0.0891. The molecule has 0 spiro atoms. The third-order valence-electron chi connectivity index (χ3n) is 4.59. The van der Waals surface area contributed by atoms with E-state index in [-0.39, 0.29) is 6.61 Å². The van der Waals surface area contributed by atoms with Gasteiger partial charge in [0.15, 0.2) is 0 Å². The first-order valence-electron chi connectivity index (χ1n) is 9.76. The fourth-order valence-electron chi connectivity index (χ4n) is 2.97. The third-order valence-corrected chi connectivity index (χ3v) is 4.59. The highest BCUT2D eigenvalue weighted by Gasteiger charge is 2.00. The van der Waals surface area contributed by atoms with Crippen LogP contribution in [0, 0.1) is 0 Å². The van der Waals surface area contributed by atoms with Crippen LogP contribution in [0.4, 0.5) is 0 Å². The third kappa shape index (κ3) is 7.31. The maximum atomic E-state index is 9.10. The molecule has 0 bridgehead atoms. The van der Waals surface area contributed by atoms with E-state index in [0.29, 0.717) is 0 Å². The average molecular weight is 341 g/mol. The lowest BCUT2D eigenvalue weighted by Crippen LogP contribution is -1.97. The maximum Gasteiger partial charge on any atom is 0.119 e. The van der Waals surface area contributed by atoms with Crippen LogP contribution in [-0.2, 0) is 6.61 Å². The summed E-state index contributed by atoms with van der Waals surface area (Å²) < 4.78 is 5.85. The molecule has 0 amide bonds. The SMILES string of the molecule is CCCCCCCCCCOc1ccc(-c2ccc(CO)cc2)cc1. The molecule has 0 heterocycles. The second-order valence-electron chi connectivity index (χ2n) is 6.70. The molecule has 0 atom stereocenters. The summed E-state index contributed by atoms with van der Waals surface area (Å²) in [5, 5.41) is 9.10. The quantitative estimate of drug-likeness (QED) is 0.455. The first kappa shape index (κ1) is 19.5. The Hall–Kier alpha value is -1.80. The van der Waals surface area contributed by atoms with Crippen molar-refractivity contribution in [1.82, 2.24) is 0 Å². The predicted molar refractivity (Wildman–Crippen MR) is 106 cm³/mol. The normalized spacial score (nSPS) is 10.8. The van der Waals surface area contributed by atoms with E-state index in [2.05, 4.69) is 19.1 Å². The van der Waals surface area contributed by atoms with Crippen LogP contribution in [0.5, 0.6) is 5.75 Å². The summed E-state index contributed by atoms with van der Waals surface area (Å²) in [7, 11) is 0. The Morgan fingerprint density at radius 2 is 1.20 bits per heavy atom. The van der Waals surface area contributed by atoms with Crippen LogP contribution in [0.3, 0.4) is 0 Å². The second kappa shape index (κ2) is 11.7. The summed E-state index contributed by atoms with van der Waals surface area (Å²) >= 11 is 0. The van der Waals surface area contributed by atoms with Crippen LogP contribution in [0.25, 0.3) is 11.1 Å². The summed E-state index contributed by atoms with van der Waals surface area (Å²) in [4.78, 5) is 0. The molecule has 0 aliphatic carbocycles. The Bertz CT molecular complexity index is 572. The topological polar surface area (TPSA) is 29.5 Å². The smallest absolute Gasteiger partial charge is 0.119 e. The highest BCUT2D eigenvalue weighted by Crippen LogP contribution is 2.23. The molecular weight excluding hydrogens is 308 g/mol. The lowest BCUT2D eigenvalue weighted by molar-refractivity contribution is 0.282. The first-order chi connectivity index (χ1) is 12.3. The molecule has 2 rings (SSSR count). The van der Waals surface area contributed by atoms with Crippen LogP contribution >= 0.6 is 0 Å². The van der Waals surface area contributed by atoms with Gasteiger partial charge in [-0.1, -0.05) is 88.3 Å². The molecule has 0 saturated carbocycles. The van der Waals surface area contributed by atoms with Crippen LogP contribution in [0.15, 0.2) is 48.5 Å². The largest absolute Gasteiger partial charge is 0.494 e. The van der Waals surface area contributed by atoms with Gasteiger partial charge in [0.1, 0.15) is 5.75 Å². The zero-order valence-corrected chi connectivity index (χ0v) is 15.5. The number of aliphatic hydroxyl groups is 1. The molecule has 2 heteroatoms. The molecule has 0 radical (unpaired) electrons. The van der Waals surface area contributed by atoms with Gasteiger partial charge in [0.05, 0.1) is 13.2 Å². The lowest BCUT2D eigenvalue weighted by Gasteiger charge is -2.08. The molecule has 0 saturated heterocycles. The van der Waals surface area contributed by atoms with Crippen molar-refractivity contribution >= 4 is 0 Å². The van der Waals surface area contributed by atoms with Gasteiger partial charge >= 0.3 is 0 Å². The van der Waals surface area contributed by atoms with Gasteiger partial charge < -0.3 is 9.84 Å². The Morgan fingerprint density at radius 1 is 0.680 bits per heavy atom. The van der Waals surface area contributed by atoms with Crippen molar-refractivity contribution < 1.29 is 9.84 Å². The first-order valence-corrected chi connectivity index (χ1v) is 9.76. The van der Waals surface area contributed by atoms with E-state index < -0.39 is 0 Å². The second-order valence-corrected chi connectivity index (χ2v) is 6.70. The Balaban J connectivity index is 1.65. The number of aliphatic hydroxyl groups excluding tert-OH is 1. The van der Waals surface area contributed by atoms with Crippen LogP contribution in [0.1, 0.15) is 63.9 Å². The minimum absolute atomic E-state index is 0.0891. The van der Waals surface area contributed by atoms with Crippen LogP contribution < -0.4 is 4.74 Å². The summed E-state index contributed by atoms with van der Waals surface area (Å²) in [5.74, 6) is 0.943. The van der Waals surface area contributed by atoms with E-state index in [4.69, 9.17) is 9.84 Å². The number of unbranched alkanes of at least 4 members (excludes halogenated alkanes) is 7. The monoisotopic (exact) mass is 340 g/mol. The standard InChI is InChI=1S/C23H32O2/c1-2-3-4-5-6-7-8-9-18-25-23-16-14-22(15-17-23)21-12-10-20(19-24)11-13-21/h10-17,24H,2-9,18-19H2,1H3. The van der Waals surface area contributed by atoms with Crippen molar-refractivity contribution in [3.63, 3.8) is 0 Å². The highest BCUT2D eigenvalue weighted by atomic mass is 16.5. The number of hydrogen-bond acceptors (Lipinski definition) is 2. The van der Waals surface area contributed by atoms with E-state index in [1.165, 1.54) is 50.5 Å². The average Bonchev–Trinajstić information content (AvgIpc) is 2.67. The summed E-state index contributed by atoms with van der Waals surface area (Å²) in [6, 6.07) is 16.3. The fraction of sp³-hybridized carbons (Fsp3) is 0.478. The van der Waals surface area contributed by atoms with E-state index >= 15 is 0 Å². The van der Waals surface area contributed by atoms with Crippen molar-refractivity contribution in [2.24, 2.45) is 0 Å². The van der Waals surface area contributed by atoms with Crippen molar-refractivity contribution in [2.75, 3.05) is 6.61 Å². The van der Waals surface area contributed by atoms with E-state index in [9.17, 15) is 0 Å². The molecule has 0 aliphatic rings. The molecule has 0 aliphatic heterocycles. The summed E-state index contributed by atoms with van der Waals surface area (Å²) in [6.07, 6.45) is 10.6. The van der Waals surface area contributed by atoms with E-state index in [0.717, 1.165) is 29.9 Å². The van der Waals surface area contributed by atoms with E-state index in [1.807, 2.05) is 36.4 Å². The molecule has 1 N–H and O–H groups in total. The highest BCUT2D eigenvalue weighted by molar-refractivity contribution is 5.64. The zero-order chi connectivity index (χ0) is 17.7. The molecule has 136 valence electrons. The summed E-state index contributed by atoms with van der Waals surface area (Å²) in [6.45, 7) is 3.15. The van der Waals surface area contributed by atoms with Gasteiger partial charge in [-0.2, -0.15) is 0 Å². The predicted octanol–water partition coefficient (Wildman–Crippen LogP) is 6.37. The number of rotatable bonds is 12. The van der Waals surface area contributed by atoms with Gasteiger partial charge in [0, 0.05) is 0 Å². The fourth-order valence-corrected chi connectivity index (χ4v) is 2.97. The summed E-state index contributed by atoms with van der Waals surface area (Å²) in [5.41, 5.74) is 3.27. The van der Waals surface area contributed by atoms with Crippen molar-refractivity contribution in [2.45, 2.75) is 64.9 Å². The van der Waals surface area contributed by atoms with Gasteiger partial charge in [-0.05, 0) is 35.2 Å². The molecule has 0 fully saturated rings. The Kier molecular flexibility index (Phi) is 9.14. The number of hydrogen-bond donors (Lipinski definition) is 1.